The maximum atomic E-state index is 13.1. The van der Waals surface area contributed by atoms with Gasteiger partial charge in [0.15, 0.2) is 0 Å². The second-order valence-electron chi connectivity index (χ2n) is 7.94. The van der Waals surface area contributed by atoms with Gasteiger partial charge in [-0.3, -0.25) is 4.90 Å². The van der Waals surface area contributed by atoms with Gasteiger partial charge in [-0.05, 0) is 53.8 Å². The Morgan fingerprint density at radius 3 is 2.50 bits per heavy atom. The molecular weight excluding hydrogens is 353 g/mol. The van der Waals surface area contributed by atoms with Crippen LogP contribution in [0.25, 0.3) is 11.3 Å². The van der Waals surface area contributed by atoms with E-state index in [1.807, 2.05) is 30.5 Å². The largest absolute Gasteiger partial charge is 0.497 e. The molecule has 0 bridgehead atoms. The minimum atomic E-state index is -0.171. The number of halogens is 1. The fourth-order valence-electron chi connectivity index (χ4n) is 4.69. The number of hydrogen-bond donors (Lipinski definition) is 0. The standard InChI is InChI=1S/C23H24FN3O/c1-28-21-8-4-17(5-9-21)22-11-25-23-10-18-13-26(14-19(18)15-27(22)23)12-16-2-6-20(24)7-3-16/h2-9,11,18-19H,10,12-15H2,1H3. The van der Waals surface area contributed by atoms with Crippen molar-refractivity contribution in [1.29, 1.82) is 0 Å². The van der Waals surface area contributed by atoms with Gasteiger partial charge in [-0.2, -0.15) is 0 Å². The highest BCUT2D eigenvalue weighted by Gasteiger charge is 2.37. The van der Waals surface area contributed by atoms with Crippen LogP contribution in [0.1, 0.15) is 11.4 Å². The van der Waals surface area contributed by atoms with Crippen molar-refractivity contribution in [2.24, 2.45) is 11.8 Å². The van der Waals surface area contributed by atoms with Gasteiger partial charge >= 0.3 is 0 Å². The molecule has 0 aliphatic carbocycles. The number of benzene rings is 2. The van der Waals surface area contributed by atoms with Crippen molar-refractivity contribution >= 4 is 0 Å². The van der Waals surface area contributed by atoms with Crippen LogP contribution >= 0.6 is 0 Å². The van der Waals surface area contributed by atoms with Gasteiger partial charge in [0.05, 0.1) is 19.0 Å². The predicted octanol–water partition coefficient (Wildman–Crippen LogP) is 4.00. The van der Waals surface area contributed by atoms with Gasteiger partial charge in [0, 0.05) is 38.2 Å². The van der Waals surface area contributed by atoms with Crippen LogP contribution in [-0.4, -0.2) is 34.7 Å². The molecule has 5 heteroatoms. The average Bonchev–Trinajstić information content (AvgIpc) is 3.30. The highest BCUT2D eigenvalue weighted by atomic mass is 19.1. The lowest BCUT2D eigenvalue weighted by molar-refractivity contribution is 0.307. The topological polar surface area (TPSA) is 30.3 Å². The van der Waals surface area contributed by atoms with Gasteiger partial charge in [-0.15, -0.1) is 0 Å². The number of nitrogens with zero attached hydrogens (tertiary/aromatic N) is 3. The van der Waals surface area contributed by atoms with Crippen molar-refractivity contribution in [3.05, 3.63) is 71.9 Å². The molecule has 2 unspecified atom stereocenters. The lowest BCUT2D eigenvalue weighted by atomic mass is 9.89. The molecule has 2 aliphatic heterocycles. The first-order valence-electron chi connectivity index (χ1n) is 9.85. The summed E-state index contributed by atoms with van der Waals surface area (Å²) in [6, 6.07) is 15.1. The molecule has 1 aromatic heterocycles. The van der Waals surface area contributed by atoms with E-state index >= 15 is 0 Å². The number of rotatable bonds is 4. The fraction of sp³-hybridized carbons (Fsp3) is 0.348. The van der Waals surface area contributed by atoms with Crippen LogP contribution < -0.4 is 4.74 Å². The van der Waals surface area contributed by atoms with Crippen LogP contribution in [0.15, 0.2) is 54.7 Å². The van der Waals surface area contributed by atoms with Gasteiger partial charge in [-0.25, -0.2) is 9.37 Å². The molecule has 5 rings (SSSR count). The van der Waals surface area contributed by atoms with E-state index in [-0.39, 0.29) is 5.82 Å². The average molecular weight is 377 g/mol. The van der Waals surface area contributed by atoms with E-state index in [0.717, 1.165) is 38.3 Å². The molecule has 2 aromatic carbocycles. The normalized spacial score (nSPS) is 21.4. The van der Waals surface area contributed by atoms with Crippen molar-refractivity contribution in [3.63, 3.8) is 0 Å². The van der Waals surface area contributed by atoms with Gasteiger partial charge in [0.2, 0.25) is 0 Å². The molecule has 0 spiro atoms. The van der Waals surface area contributed by atoms with Gasteiger partial charge in [0.25, 0.3) is 0 Å². The van der Waals surface area contributed by atoms with Gasteiger partial charge < -0.3 is 9.30 Å². The van der Waals surface area contributed by atoms with Crippen LogP contribution in [-0.2, 0) is 19.5 Å². The van der Waals surface area contributed by atoms with Crippen LogP contribution in [0.2, 0.25) is 0 Å². The summed E-state index contributed by atoms with van der Waals surface area (Å²) in [6.07, 6.45) is 3.04. The number of methoxy groups -OCH3 is 1. The fourth-order valence-corrected chi connectivity index (χ4v) is 4.69. The summed E-state index contributed by atoms with van der Waals surface area (Å²) in [5.41, 5.74) is 3.55. The Balaban J connectivity index is 1.32. The molecular formula is C23H24FN3O. The third kappa shape index (κ3) is 3.20. The van der Waals surface area contributed by atoms with E-state index in [1.54, 1.807) is 19.2 Å². The zero-order valence-electron chi connectivity index (χ0n) is 16.0. The second-order valence-corrected chi connectivity index (χ2v) is 7.94. The quantitative estimate of drug-likeness (QED) is 0.688. The summed E-state index contributed by atoms with van der Waals surface area (Å²) >= 11 is 0. The number of aromatic nitrogens is 2. The number of imidazole rings is 1. The highest BCUT2D eigenvalue weighted by molar-refractivity contribution is 5.60. The van der Waals surface area contributed by atoms with Crippen molar-refractivity contribution in [3.8, 4) is 17.0 Å². The number of ether oxygens (including phenoxy) is 1. The lowest BCUT2D eigenvalue weighted by Gasteiger charge is -2.27. The molecule has 28 heavy (non-hydrogen) atoms. The molecule has 2 aliphatic rings. The van der Waals surface area contributed by atoms with Crippen LogP contribution in [0.5, 0.6) is 5.75 Å². The van der Waals surface area contributed by atoms with Crippen LogP contribution in [0.4, 0.5) is 4.39 Å². The molecule has 3 aromatic rings. The molecule has 144 valence electrons. The smallest absolute Gasteiger partial charge is 0.123 e. The molecule has 0 N–H and O–H groups in total. The van der Waals surface area contributed by atoms with Crippen LogP contribution in [0, 0.1) is 17.7 Å². The Morgan fingerprint density at radius 2 is 1.75 bits per heavy atom. The van der Waals surface area contributed by atoms with Crippen LogP contribution in [0.3, 0.4) is 0 Å². The third-order valence-corrected chi connectivity index (χ3v) is 6.16. The molecule has 0 radical (unpaired) electrons. The highest BCUT2D eigenvalue weighted by Crippen LogP contribution is 2.36. The minimum absolute atomic E-state index is 0.171. The number of fused-ring (bicyclic) bond motifs is 2. The first-order chi connectivity index (χ1) is 13.7. The monoisotopic (exact) mass is 377 g/mol. The summed E-state index contributed by atoms with van der Waals surface area (Å²) < 4.78 is 20.8. The Hall–Kier alpha value is -2.66. The summed E-state index contributed by atoms with van der Waals surface area (Å²) in [4.78, 5) is 7.23. The van der Waals surface area contributed by atoms with Crippen molar-refractivity contribution in [2.45, 2.75) is 19.5 Å². The Labute approximate surface area is 164 Å². The van der Waals surface area contributed by atoms with E-state index in [0.29, 0.717) is 11.8 Å². The van der Waals surface area contributed by atoms with Gasteiger partial charge in [0.1, 0.15) is 17.4 Å². The zero-order chi connectivity index (χ0) is 19.1. The summed E-state index contributed by atoms with van der Waals surface area (Å²) in [5, 5.41) is 0. The van der Waals surface area contributed by atoms with E-state index < -0.39 is 0 Å². The maximum absolute atomic E-state index is 13.1. The number of likely N-dealkylation sites (tertiary alicyclic amines) is 1. The molecule has 2 atom stereocenters. The van der Waals surface area contributed by atoms with E-state index in [1.165, 1.54) is 22.6 Å². The van der Waals surface area contributed by atoms with Gasteiger partial charge in [-0.1, -0.05) is 12.1 Å². The summed E-state index contributed by atoms with van der Waals surface area (Å²) in [6.45, 7) is 4.08. The maximum Gasteiger partial charge on any atom is 0.123 e. The minimum Gasteiger partial charge on any atom is -0.497 e. The summed E-state index contributed by atoms with van der Waals surface area (Å²) in [7, 11) is 1.69. The predicted molar refractivity (Wildman–Crippen MR) is 107 cm³/mol. The van der Waals surface area contributed by atoms with E-state index in [9.17, 15) is 4.39 Å². The Morgan fingerprint density at radius 1 is 1.00 bits per heavy atom. The third-order valence-electron chi connectivity index (χ3n) is 6.16. The molecule has 3 heterocycles. The zero-order valence-corrected chi connectivity index (χ0v) is 16.0. The van der Waals surface area contributed by atoms with Crippen molar-refractivity contribution in [2.75, 3.05) is 20.2 Å². The summed E-state index contributed by atoms with van der Waals surface area (Å²) in [5.74, 6) is 3.18. The SMILES string of the molecule is COc1ccc(-c2cnc3n2CC2CN(Cc4ccc(F)cc4)CC2C3)cc1. The molecule has 1 saturated heterocycles. The van der Waals surface area contributed by atoms with Crippen molar-refractivity contribution in [1.82, 2.24) is 14.5 Å². The molecule has 4 nitrogen and oxygen atoms in total. The van der Waals surface area contributed by atoms with E-state index in [2.05, 4.69) is 21.6 Å². The Bertz CT molecular complexity index is 965. The first kappa shape index (κ1) is 17.4. The first-order valence-corrected chi connectivity index (χ1v) is 9.85. The number of hydrogen-bond acceptors (Lipinski definition) is 3. The second kappa shape index (κ2) is 7.06. The van der Waals surface area contributed by atoms with E-state index in [4.69, 9.17) is 9.72 Å². The lowest BCUT2D eigenvalue weighted by Crippen LogP contribution is -2.28. The van der Waals surface area contributed by atoms with Crippen molar-refractivity contribution < 1.29 is 9.13 Å². The molecule has 1 fully saturated rings. The Kier molecular flexibility index (Phi) is 4.40. The molecule has 0 amide bonds. The molecule has 0 saturated carbocycles.